The van der Waals surface area contributed by atoms with Crippen LogP contribution < -0.4 is 15.4 Å². The summed E-state index contributed by atoms with van der Waals surface area (Å²) < 4.78 is 5.06. The largest absolute Gasteiger partial charge is 0.485 e. The van der Waals surface area contributed by atoms with Crippen LogP contribution in [0.4, 0.5) is 16.2 Å². The predicted octanol–water partition coefficient (Wildman–Crippen LogP) is 2.82. The van der Waals surface area contributed by atoms with Gasteiger partial charge in [0.05, 0.1) is 0 Å². The van der Waals surface area contributed by atoms with Gasteiger partial charge >= 0.3 is 6.03 Å². The Balaban J connectivity index is 1.89. The average Bonchev–Trinajstić information content (AvgIpc) is 2.47. The Bertz CT molecular complexity index is 567. The van der Waals surface area contributed by atoms with Crippen molar-refractivity contribution in [3.8, 4) is 5.75 Å². The van der Waals surface area contributed by atoms with E-state index in [0.29, 0.717) is 17.1 Å². The minimum Gasteiger partial charge on any atom is -0.485 e. The van der Waals surface area contributed by atoms with Gasteiger partial charge in [0.1, 0.15) is 5.75 Å². The van der Waals surface area contributed by atoms with Crippen LogP contribution in [0.2, 0.25) is 0 Å². The van der Waals surface area contributed by atoms with Gasteiger partial charge in [-0.15, -0.1) is 0 Å². The Kier molecular flexibility index (Phi) is 4.72. The van der Waals surface area contributed by atoms with Crippen LogP contribution in [0.25, 0.3) is 0 Å². The van der Waals surface area contributed by atoms with E-state index < -0.39 is 0 Å². The summed E-state index contributed by atoms with van der Waals surface area (Å²) in [5.74, 6) is 0.544. The number of hydrogen-bond donors (Lipinski definition) is 2. The van der Waals surface area contributed by atoms with Crippen molar-refractivity contribution in [1.29, 1.82) is 0 Å². The number of rotatable bonds is 5. The molecule has 2 aromatic rings. The normalized spacial score (nSPS) is 9.60. The van der Waals surface area contributed by atoms with Crippen molar-refractivity contribution in [2.45, 2.75) is 0 Å². The lowest BCUT2D eigenvalue weighted by atomic mass is 10.3. The molecule has 101 valence electrons. The highest BCUT2D eigenvalue weighted by molar-refractivity contribution is 5.99. The van der Waals surface area contributed by atoms with Gasteiger partial charge in [-0.1, -0.05) is 18.2 Å². The molecule has 5 heteroatoms. The van der Waals surface area contributed by atoms with Crippen molar-refractivity contribution >= 4 is 23.7 Å². The number of urea groups is 1. The molecule has 0 fully saturated rings. The molecule has 0 spiro atoms. The predicted molar refractivity (Wildman–Crippen MR) is 76.7 cm³/mol. The first-order valence-electron chi connectivity index (χ1n) is 5.99. The molecule has 2 rings (SSSR count). The molecular formula is C15H13N2O3. The topological polar surface area (TPSA) is 67.4 Å². The molecule has 0 aliphatic heterocycles. The van der Waals surface area contributed by atoms with Crippen LogP contribution in [-0.4, -0.2) is 18.9 Å². The minimum absolute atomic E-state index is 0.110. The van der Waals surface area contributed by atoms with Crippen LogP contribution in [0.5, 0.6) is 5.75 Å². The SMILES string of the molecule is O=[C]COc1ccc(NC(=O)Nc2ccccc2)cc1. The number of nitrogens with one attached hydrogen (secondary N) is 2. The fraction of sp³-hybridized carbons (Fsp3) is 0.0667. The Hall–Kier alpha value is -2.82. The highest BCUT2D eigenvalue weighted by Gasteiger charge is 2.02. The quantitative estimate of drug-likeness (QED) is 0.877. The van der Waals surface area contributed by atoms with Gasteiger partial charge in [-0.2, -0.15) is 0 Å². The molecule has 0 saturated heterocycles. The lowest BCUT2D eigenvalue weighted by molar-refractivity contribution is 0.262. The van der Waals surface area contributed by atoms with E-state index in [1.807, 2.05) is 18.2 Å². The zero-order chi connectivity index (χ0) is 14.2. The summed E-state index contributed by atoms with van der Waals surface area (Å²) >= 11 is 0. The van der Waals surface area contributed by atoms with Gasteiger partial charge in [0, 0.05) is 11.4 Å². The van der Waals surface area contributed by atoms with E-state index in [1.165, 1.54) is 0 Å². The number of para-hydroxylation sites is 1. The van der Waals surface area contributed by atoms with Crippen molar-refractivity contribution in [2.75, 3.05) is 17.2 Å². The fourth-order valence-electron chi connectivity index (χ4n) is 1.56. The summed E-state index contributed by atoms with van der Waals surface area (Å²) in [6.45, 7) is -0.110. The Morgan fingerprint density at radius 1 is 0.950 bits per heavy atom. The monoisotopic (exact) mass is 269 g/mol. The van der Waals surface area contributed by atoms with Crippen LogP contribution in [-0.2, 0) is 4.79 Å². The zero-order valence-corrected chi connectivity index (χ0v) is 10.6. The Morgan fingerprint density at radius 2 is 1.55 bits per heavy atom. The summed E-state index contributed by atoms with van der Waals surface area (Å²) in [6, 6.07) is 15.5. The van der Waals surface area contributed by atoms with Crippen LogP contribution in [0, 0.1) is 0 Å². The number of carbonyl (C=O) groups is 1. The Morgan fingerprint density at radius 3 is 2.15 bits per heavy atom. The average molecular weight is 269 g/mol. The third-order valence-corrected chi connectivity index (χ3v) is 2.44. The molecule has 2 amide bonds. The molecule has 2 aromatic carbocycles. The van der Waals surface area contributed by atoms with Gasteiger partial charge in [0.25, 0.3) is 0 Å². The first kappa shape index (κ1) is 13.6. The molecule has 0 aromatic heterocycles. The molecule has 20 heavy (non-hydrogen) atoms. The summed E-state index contributed by atoms with van der Waals surface area (Å²) in [4.78, 5) is 21.8. The van der Waals surface area contributed by atoms with E-state index >= 15 is 0 Å². The fourth-order valence-corrected chi connectivity index (χ4v) is 1.56. The number of hydrogen-bond acceptors (Lipinski definition) is 3. The molecule has 0 heterocycles. The van der Waals surface area contributed by atoms with Crippen LogP contribution in [0.3, 0.4) is 0 Å². The zero-order valence-electron chi connectivity index (χ0n) is 10.6. The minimum atomic E-state index is -0.328. The maximum absolute atomic E-state index is 11.7. The molecule has 0 saturated carbocycles. The van der Waals surface area contributed by atoms with Gasteiger partial charge in [-0.3, -0.25) is 4.79 Å². The van der Waals surface area contributed by atoms with E-state index in [9.17, 15) is 9.59 Å². The van der Waals surface area contributed by atoms with E-state index in [0.717, 1.165) is 0 Å². The number of anilines is 2. The number of benzene rings is 2. The molecule has 0 aliphatic carbocycles. The van der Waals surface area contributed by atoms with Gasteiger partial charge < -0.3 is 15.4 Å². The highest BCUT2D eigenvalue weighted by Crippen LogP contribution is 2.16. The smallest absolute Gasteiger partial charge is 0.323 e. The Labute approximate surface area is 116 Å². The van der Waals surface area contributed by atoms with Crippen molar-refractivity contribution in [3.05, 3.63) is 54.6 Å². The molecule has 1 radical (unpaired) electrons. The second-order valence-corrected chi connectivity index (χ2v) is 3.90. The molecule has 2 N–H and O–H groups in total. The lowest BCUT2D eigenvalue weighted by Gasteiger charge is -2.08. The summed E-state index contributed by atoms with van der Waals surface area (Å²) in [6.07, 6.45) is 1.64. The summed E-state index contributed by atoms with van der Waals surface area (Å²) in [5, 5.41) is 5.40. The van der Waals surface area contributed by atoms with Gasteiger partial charge in [0.2, 0.25) is 6.29 Å². The number of amides is 2. The van der Waals surface area contributed by atoms with Crippen LogP contribution >= 0.6 is 0 Å². The van der Waals surface area contributed by atoms with Crippen molar-refractivity contribution in [1.82, 2.24) is 0 Å². The molecule has 0 atom stereocenters. The van der Waals surface area contributed by atoms with Gasteiger partial charge in [-0.05, 0) is 36.4 Å². The van der Waals surface area contributed by atoms with Crippen molar-refractivity contribution in [3.63, 3.8) is 0 Å². The maximum Gasteiger partial charge on any atom is 0.323 e. The highest BCUT2D eigenvalue weighted by atomic mass is 16.5. The van der Waals surface area contributed by atoms with Crippen molar-refractivity contribution in [2.24, 2.45) is 0 Å². The summed E-state index contributed by atoms with van der Waals surface area (Å²) in [5.41, 5.74) is 1.34. The van der Waals surface area contributed by atoms with Gasteiger partial charge in [-0.25, -0.2) is 4.79 Å². The second kappa shape index (κ2) is 6.94. The third kappa shape index (κ3) is 4.13. The first-order valence-corrected chi connectivity index (χ1v) is 5.99. The number of carbonyl (C=O) groups excluding carboxylic acids is 2. The van der Waals surface area contributed by atoms with Crippen LogP contribution in [0.1, 0.15) is 0 Å². The molecular weight excluding hydrogens is 256 g/mol. The van der Waals surface area contributed by atoms with E-state index in [1.54, 1.807) is 42.7 Å². The summed E-state index contributed by atoms with van der Waals surface area (Å²) in [7, 11) is 0. The van der Waals surface area contributed by atoms with E-state index in [-0.39, 0.29) is 12.6 Å². The molecule has 0 bridgehead atoms. The van der Waals surface area contributed by atoms with Gasteiger partial charge in [0.15, 0.2) is 6.61 Å². The molecule has 5 nitrogen and oxygen atoms in total. The molecule has 0 aliphatic rings. The maximum atomic E-state index is 11.7. The molecule has 0 unspecified atom stereocenters. The lowest BCUT2D eigenvalue weighted by Crippen LogP contribution is -2.19. The van der Waals surface area contributed by atoms with E-state index in [2.05, 4.69) is 10.6 Å². The second-order valence-electron chi connectivity index (χ2n) is 3.90. The van der Waals surface area contributed by atoms with Crippen molar-refractivity contribution < 1.29 is 14.3 Å². The third-order valence-electron chi connectivity index (χ3n) is 2.44. The van der Waals surface area contributed by atoms with E-state index in [4.69, 9.17) is 4.74 Å². The first-order chi connectivity index (χ1) is 9.78. The number of ether oxygens (including phenoxy) is 1. The standard InChI is InChI=1S/C15H13N2O3/c18-10-11-20-14-8-6-13(7-9-14)17-15(19)16-12-4-2-1-3-5-12/h1-9H,11H2,(H2,16,17,19). The van der Waals surface area contributed by atoms with Crippen LogP contribution in [0.15, 0.2) is 54.6 Å².